The summed E-state index contributed by atoms with van der Waals surface area (Å²) in [5.41, 5.74) is 6.49. The zero-order chi connectivity index (χ0) is 13.1. The van der Waals surface area contributed by atoms with Crippen LogP contribution in [0.1, 0.15) is 6.42 Å². The zero-order valence-electron chi connectivity index (χ0n) is 10.5. The number of nitrogens with two attached hydrogens (primary N) is 1. The average molecular weight is 268 g/mol. The zero-order valence-corrected chi connectivity index (χ0v) is 11.2. The van der Waals surface area contributed by atoms with Crippen molar-refractivity contribution in [1.29, 1.82) is 0 Å². The number of rotatable bonds is 3. The summed E-state index contributed by atoms with van der Waals surface area (Å²) in [6.45, 7) is 2.16. The smallest absolute Gasteiger partial charge is 0.324 e. The summed E-state index contributed by atoms with van der Waals surface area (Å²) in [4.78, 5) is 15.7. The van der Waals surface area contributed by atoms with Crippen molar-refractivity contribution < 1.29 is 4.79 Å². The Morgan fingerprint density at radius 1 is 1.33 bits per heavy atom. The summed E-state index contributed by atoms with van der Waals surface area (Å²) in [7, 11) is 1.83. The van der Waals surface area contributed by atoms with Crippen molar-refractivity contribution in [3.05, 3.63) is 29.3 Å². The molecule has 2 amide bonds. The van der Waals surface area contributed by atoms with Crippen LogP contribution in [0.5, 0.6) is 0 Å². The van der Waals surface area contributed by atoms with E-state index in [1.807, 2.05) is 19.2 Å². The van der Waals surface area contributed by atoms with Gasteiger partial charge in [0, 0.05) is 30.8 Å². The van der Waals surface area contributed by atoms with Gasteiger partial charge in [-0.3, -0.25) is 4.90 Å². The number of amides is 2. The third-order valence-electron chi connectivity index (χ3n) is 3.24. The molecule has 18 heavy (non-hydrogen) atoms. The molecule has 1 saturated heterocycles. The number of urea groups is 1. The fourth-order valence-corrected chi connectivity index (χ4v) is 2.45. The Hall–Kier alpha value is -1.26. The number of benzene rings is 1. The lowest BCUT2D eigenvalue weighted by Gasteiger charge is -2.38. The SMILES string of the molecule is CN1CC(CCN)CN(c2ccc(Cl)cc2)C1=O. The van der Waals surface area contributed by atoms with Gasteiger partial charge < -0.3 is 10.6 Å². The molecule has 5 heteroatoms. The number of hydrogen-bond donors (Lipinski definition) is 1. The summed E-state index contributed by atoms with van der Waals surface area (Å²) < 4.78 is 0. The van der Waals surface area contributed by atoms with Crippen LogP contribution in [0.2, 0.25) is 5.02 Å². The number of carbonyl (C=O) groups excluding carboxylic acids is 1. The van der Waals surface area contributed by atoms with E-state index in [-0.39, 0.29) is 6.03 Å². The van der Waals surface area contributed by atoms with Gasteiger partial charge in [0.25, 0.3) is 0 Å². The number of nitrogens with zero attached hydrogens (tertiary/aromatic N) is 2. The van der Waals surface area contributed by atoms with E-state index in [4.69, 9.17) is 17.3 Å². The largest absolute Gasteiger partial charge is 0.330 e. The third kappa shape index (κ3) is 2.76. The van der Waals surface area contributed by atoms with Crippen molar-refractivity contribution in [2.45, 2.75) is 6.42 Å². The minimum Gasteiger partial charge on any atom is -0.330 e. The molecule has 0 spiro atoms. The highest BCUT2D eigenvalue weighted by atomic mass is 35.5. The maximum absolute atomic E-state index is 12.1. The molecule has 0 aliphatic carbocycles. The second kappa shape index (κ2) is 5.59. The lowest BCUT2D eigenvalue weighted by Crippen LogP contribution is -2.52. The first kappa shape index (κ1) is 13.2. The molecule has 1 atom stereocenters. The van der Waals surface area contributed by atoms with Crippen LogP contribution in [0, 0.1) is 5.92 Å². The summed E-state index contributed by atoms with van der Waals surface area (Å²) in [6, 6.07) is 7.39. The molecule has 1 aromatic rings. The standard InChI is InChI=1S/C13H18ClN3O/c1-16-8-10(6-7-15)9-17(13(16)18)12-4-2-11(14)3-5-12/h2-5,10H,6-9,15H2,1H3. The highest BCUT2D eigenvalue weighted by Crippen LogP contribution is 2.24. The summed E-state index contributed by atoms with van der Waals surface area (Å²) in [5.74, 6) is 0.424. The van der Waals surface area contributed by atoms with Gasteiger partial charge in [-0.2, -0.15) is 0 Å². The van der Waals surface area contributed by atoms with E-state index >= 15 is 0 Å². The van der Waals surface area contributed by atoms with Gasteiger partial charge in [0.1, 0.15) is 0 Å². The van der Waals surface area contributed by atoms with Gasteiger partial charge in [0.05, 0.1) is 0 Å². The molecule has 1 fully saturated rings. The first-order chi connectivity index (χ1) is 8.61. The molecule has 0 saturated carbocycles. The first-order valence-corrected chi connectivity index (χ1v) is 6.48. The van der Waals surface area contributed by atoms with Gasteiger partial charge in [0.15, 0.2) is 0 Å². The van der Waals surface area contributed by atoms with Crippen LogP contribution in [-0.4, -0.2) is 37.6 Å². The second-order valence-electron chi connectivity index (χ2n) is 4.69. The van der Waals surface area contributed by atoms with E-state index in [1.54, 1.807) is 21.9 Å². The highest BCUT2D eigenvalue weighted by molar-refractivity contribution is 6.30. The minimum atomic E-state index is 0.0330. The molecule has 1 aliphatic heterocycles. The minimum absolute atomic E-state index is 0.0330. The van der Waals surface area contributed by atoms with Crippen LogP contribution in [0.4, 0.5) is 10.5 Å². The van der Waals surface area contributed by atoms with Crippen LogP contribution in [0.25, 0.3) is 0 Å². The van der Waals surface area contributed by atoms with Gasteiger partial charge >= 0.3 is 6.03 Å². The van der Waals surface area contributed by atoms with Gasteiger partial charge in [-0.1, -0.05) is 11.6 Å². The molecule has 4 nitrogen and oxygen atoms in total. The van der Waals surface area contributed by atoms with Gasteiger partial charge in [-0.05, 0) is 43.1 Å². The Balaban J connectivity index is 2.18. The Morgan fingerprint density at radius 2 is 2.00 bits per heavy atom. The summed E-state index contributed by atoms with van der Waals surface area (Å²) in [5, 5.41) is 0.676. The maximum atomic E-state index is 12.1. The molecule has 0 aromatic heterocycles. The van der Waals surface area contributed by atoms with E-state index in [2.05, 4.69) is 0 Å². The van der Waals surface area contributed by atoms with Crippen LogP contribution >= 0.6 is 11.6 Å². The first-order valence-electron chi connectivity index (χ1n) is 6.10. The van der Waals surface area contributed by atoms with Crippen LogP contribution in [-0.2, 0) is 0 Å². The quantitative estimate of drug-likeness (QED) is 0.913. The average Bonchev–Trinajstić information content (AvgIpc) is 2.35. The topological polar surface area (TPSA) is 49.6 Å². The second-order valence-corrected chi connectivity index (χ2v) is 5.13. The van der Waals surface area contributed by atoms with E-state index < -0.39 is 0 Å². The van der Waals surface area contributed by atoms with Crippen molar-refractivity contribution in [3.8, 4) is 0 Å². The van der Waals surface area contributed by atoms with E-state index in [0.717, 1.165) is 25.2 Å². The van der Waals surface area contributed by atoms with Crippen LogP contribution in [0.15, 0.2) is 24.3 Å². The molecular weight excluding hydrogens is 250 g/mol. The molecule has 1 aromatic carbocycles. The Morgan fingerprint density at radius 3 is 2.61 bits per heavy atom. The molecule has 2 rings (SSSR count). The number of anilines is 1. The normalized spacial score (nSPS) is 20.4. The van der Waals surface area contributed by atoms with Crippen LogP contribution < -0.4 is 10.6 Å². The molecule has 0 radical (unpaired) electrons. The van der Waals surface area contributed by atoms with E-state index in [9.17, 15) is 4.79 Å². The number of halogens is 1. The highest BCUT2D eigenvalue weighted by Gasteiger charge is 2.29. The van der Waals surface area contributed by atoms with Gasteiger partial charge in [0.2, 0.25) is 0 Å². The van der Waals surface area contributed by atoms with Crippen molar-refractivity contribution in [3.63, 3.8) is 0 Å². The lowest BCUT2D eigenvalue weighted by atomic mass is 10.0. The number of carbonyl (C=O) groups is 1. The summed E-state index contributed by atoms with van der Waals surface area (Å²) in [6.07, 6.45) is 0.932. The number of hydrogen-bond acceptors (Lipinski definition) is 2. The maximum Gasteiger partial charge on any atom is 0.324 e. The molecule has 1 aliphatic rings. The van der Waals surface area contributed by atoms with E-state index in [0.29, 0.717) is 17.5 Å². The Kier molecular flexibility index (Phi) is 4.09. The summed E-state index contributed by atoms with van der Waals surface area (Å²) >= 11 is 5.86. The van der Waals surface area contributed by atoms with Crippen molar-refractivity contribution >= 4 is 23.3 Å². The fraction of sp³-hybridized carbons (Fsp3) is 0.462. The molecular formula is C13H18ClN3O. The third-order valence-corrected chi connectivity index (χ3v) is 3.50. The molecule has 1 heterocycles. The van der Waals surface area contributed by atoms with Gasteiger partial charge in [-0.15, -0.1) is 0 Å². The molecule has 1 unspecified atom stereocenters. The van der Waals surface area contributed by atoms with E-state index in [1.165, 1.54) is 0 Å². The van der Waals surface area contributed by atoms with Crippen LogP contribution in [0.3, 0.4) is 0 Å². The molecule has 2 N–H and O–H groups in total. The fourth-order valence-electron chi connectivity index (χ4n) is 2.32. The predicted octanol–water partition coefficient (Wildman–Crippen LogP) is 2.18. The predicted molar refractivity (Wildman–Crippen MR) is 74.0 cm³/mol. The Bertz CT molecular complexity index is 421. The van der Waals surface area contributed by atoms with Crippen molar-refractivity contribution in [2.75, 3.05) is 31.6 Å². The van der Waals surface area contributed by atoms with Gasteiger partial charge in [-0.25, -0.2) is 4.79 Å². The Labute approximate surface area is 112 Å². The lowest BCUT2D eigenvalue weighted by molar-refractivity contribution is 0.191. The monoisotopic (exact) mass is 267 g/mol. The molecule has 0 bridgehead atoms. The molecule has 98 valence electrons. The van der Waals surface area contributed by atoms with Crippen molar-refractivity contribution in [1.82, 2.24) is 4.90 Å². The van der Waals surface area contributed by atoms with Crippen molar-refractivity contribution in [2.24, 2.45) is 11.7 Å².